The molecule has 1 aromatic heterocycles. The van der Waals surface area contributed by atoms with E-state index in [9.17, 15) is 9.59 Å². The number of hydrazone groups is 1. The summed E-state index contributed by atoms with van der Waals surface area (Å²) >= 11 is 0.980. The molecule has 0 spiro atoms. The van der Waals surface area contributed by atoms with Gasteiger partial charge in [0.2, 0.25) is 0 Å². The highest BCUT2D eigenvalue weighted by Gasteiger charge is 2.60. The zero-order chi connectivity index (χ0) is 18.2. The van der Waals surface area contributed by atoms with Crippen molar-refractivity contribution in [3.63, 3.8) is 0 Å². The van der Waals surface area contributed by atoms with Gasteiger partial charge in [0.15, 0.2) is 11.5 Å². The van der Waals surface area contributed by atoms with Crippen molar-refractivity contribution >= 4 is 29.1 Å². The third-order valence-electron chi connectivity index (χ3n) is 6.24. The summed E-state index contributed by atoms with van der Waals surface area (Å²) in [7, 11) is 0. The number of hydrogen-bond acceptors (Lipinski definition) is 7. The minimum absolute atomic E-state index is 0.0337. The second-order valence-corrected chi connectivity index (χ2v) is 8.32. The summed E-state index contributed by atoms with van der Waals surface area (Å²) in [5, 5.41) is 8.21. The molecular formula is C17H24N4O3S. The monoisotopic (exact) mass is 364 g/mol. The molecule has 1 amide bonds. The van der Waals surface area contributed by atoms with E-state index in [4.69, 9.17) is 4.74 Å². The van der Waals surface area contributed by atoms with Crippen LogP contribution < -0.4 is 5.43 Å². The molecular weight excluding hydrogens is 340 g/mol. The Bertz CT molecular complexity index is 727. The predicted octanol–water partition coefficient (Wildman–Crippen LogP) is 2.58. The van der Waals surface area contributed by atoms with E-state index in [2.05, 4.69) is 40.9 Å². The van der Waals surface area contributed by atoms with Crippen molar-refractivity contribution < 1.29 is 14.3 Å². The maximum Gasteiger partial charge on any atom is 0.352 e. The second-order valence-electron chi connectivity index (χ2n) is 7.57. The molecule has 136 valence electrons. The topological polar surface area (TPSA) is 93.5 Å². The van der Waals surface area contributed by atoms with Crippen molar-refractivity contribution in [3.8, 4) is 0 Å². The Morgan fingerprint density at radius 2 is 2.16 bits per heavy atom. The van der Waals surface area contributed by atoms with Crippen LogP contribution in [0.25, 0.3) is 0 Å². The van der Waals surface area contributed by atoms with Crippen LogP contribution in [0.2, 0.25) is 0 Å². The van der Waals surface area contributed by atoms with Gasteiger partial charge in [0.25, 0.3) is 5.91 Å². The molecule has 2 saturated carbocycles. The number of carbonyl (C=O) groups excluding carboxylic acids is 2. The lowest BCUT2D eigenvalue weighted by atomic mass is 9.70. The van der Waals surface area contributed by atoms with E-state index in [1.54, 1.807) is 0 Å². The van der Waals surface area contributed by atoms with Gasteiger partial charge in [-0.05, 0) is 48.5 Å². The van der Waals surface area contributed by atoms with Crippen LogP contribution in [0.5, 0.6) is 0 Å². The zero-order valence-corrected chi connectivity index (χ0v) is 15.9. The van der Waals surface area contributed by atoms with Gasteiger partial charge >= 0.3 is 5.97 Å². The molecule has 0 aromatic carbocycles. The maximum atomic E-state index is 12.0. The van der Waals surface area contributed by atoms with Crippen molar-refractivity contribution in [1.82, 2.24) is 15.0 Å². The first-order valence-corrected chi connectivity index (χ1v) is 9.41. The van der Waals surface area contributed by atoms with Crippen LogP contribution >= 0.6 is 11.5 Å². The standard InChI is InChI=1S/C17H24N4O3S/c1-5-11-14(25-21-18-11)15(23)24-9-13(22)20-19-12-8-10-6-7-17(12,4)16(10,2)3/h10H,5-9H2,1-4H3,(H,20,22)/b19-12+. The van der Waals surface area contributed by atoms with Gasteiger partial charge in [-0.15, -0.1) is 5.10 Å². The minimum atomic E-state index is -0.567. The van der Waals surface area contributed by atoms with Crippen LogP contribution in [-0.2, 0) is 16.0 Å². The fourth-order valence-electron chi connectivity index (χ4n) is 4.05. The van der Waals surface area contributed by atoms with E-state index in [0.717, 1.165) is 30.1 Å². The first-order valence-electron chi connectivity index (χ1n) is 8.64. The minimum Gasteiger partial charge on any atom is -0.451 e. The SMILES string of the molecule is CCc1nnsc1C(=O)OCC(=O)N/N=C1\CC2CCC1(C)C2(C)C. The number of esters is 1. The number of carbonyl (C=O) groups is 2. The third-order valence-corrected chi connectivity index (χ3v) is 6.99. The highest BCUT2D eigenvalue weighted by atomic mass is 32.1. The Morgan fingerprint density at radius 1 is 1.40 bits per heavy atom. The Kier molecular flexibility index (Phi) is 4.66. The molecule has 0 radical (unpaired) electrons. The Hall–Kier alpha value is -1.83. The fourth-order valence-corrected chi connectivity index (χ4v) is 4.70. The van der Waals surface area contributed by atoms with Gasteiger partial charge < -0.3 is 4.74 Å². The molecule has 1 aromatic rings. The normalized spacial score (nSPS) is 28.3. The Morgan fingerprint density at radius 3 is 2.76 bits per heavy atom. The van der Waals surface area contributed by atoms with Crippen molar-refractivity contribution in [1.29, 1.82) is 0 Å². The van der Waals surface area contributed by atoms with Gasteiger partial charge in [-0.2, -0.15) is 5.10 Å². The van der Waals surface area contributed by atoms with Crippen molar-refractivity contribution in [2.24, 2.45) is 21.8 Å². The molecule has 25 heavy (non-hydrogen) atoms. The van der Waals surface area contributed by atoms with Gasteiger partial charge in [0.1, 0.15) is 0 Å². The highest BCUT2D eigenvalue weighted by molar-refractivity contribution is 7.07. The first-order chi connectivity index (χ1) is 11.8. The molecule has 0 saturated heterocycles. The average molecular weight is 364 g/mol. The average Bonchev–Trinajstić information content (AvgIpc) is 3.19. The number of aromatic nitrogens is 2. The maximum absolute atomic E-state index is 12.0. The number of aryl methyl sites for hydroxylation is 1. The molecule has 2 unspecified atom stereocenters. The molecule has 1 N–H and O–H groups in total. The summed E-state index contributed by atoms with van der Waals surface area (Å²) in [5.74, 6) is -0.375. The molecule has 8 heteroatoms. The molecule has 2 bridgehead atoms. The van der Waals surface area contributed by atoms with Crippen LogP contribution in [-0.4, -0.2) is 33.8 Å². The second kappa shape index (κ2) is 6.48. The lowest BCUT2D eigenvalue weighted by Crippen LogP contribution is -2.34. The number of nitrogens with one attached hydrogen (secondary N) is 1. The van der Waals surface area contributed by atoms with Gasteiger partial charge in [0, 0.05) is 11.1 Å². The molecule has 0 aliphatic heterocycles. The van der Waals surface area contributed by atoms with Crippen LogP contribution in [0.15, 0.2) is 5.10 Å². The summed E-state index contributed by atoms with van der Waals surface area (Å²) in [6, 6.07) is 0. The van der Waals surface area contributed by atoms with E-state index in [-0.39, 0.29) is 17.4 Å². The third kappa shape index (κ3) is 2.96. The van der Waals surface area contributed by atoms with Crippen molar-refractivity contribution in [2.75, 3.05) is 6.61 Å². The molecule has 2 atom stereocenters. The van der Waals surface area contributed by atoms with Gasteiger partial charge in [0.05, 0.1) is 5.69 Å². The van der Waals surface area contributed by atoms with Crippen molar-refractivity contribution in [2.45, 2.75) is 53.4 Å². The predicted molar refractivity (Wildman–Crippen MR) is 94.4 cm³/mol. The summed E-state index contributed by atoms with van der Waals surface area (Å²) in [4.78, 5) is 24.3. The van der Waals surface area contributed by atoms with E-state index in [1.165, 1.54) is 6.42 Å². The number of nitrogens with zero attached hydrogens (tertiary/aromatic N) is 3. The van der Waals surface area contributed by atoms with E-state index < -0.39 is 11.9 Å². The first kappa shape index (κ1) is 18.0. The number of ether oxygens (including phenoxy) is 1. The Labute approximate surface area is 151 Å². The van der Waals surface area contributed by atoms with Crippen LogP contribution in [0.3, 0.4) is 0 Å². The van der Waals surface area contributed by atoms with Gasteiger partial charge in [-0.1, -0.05) is 32.2 Å². The summed E-state index contributed by atoms with van der Waals surface area (Å²) in [6.45, 7) is 8.32. The molecule has 7 nitrogen and oxygen atoms in total. The fraction of sp³-hybridized carbons (Fsp3) is 0.706. The van der Waals surface area contributed by atoms with Gasteiger partial charge in [-0.3, -0.25) is 4.79 Å². The van der Waals surface area contributed by atoms with Crippen LogP contribution in [0.1, 0.15) is 62.3 Å². The van der Waals surface area contributed by atoms with Gasteiger partial charge in [-0.25, -0.2) is 10.2 Å². The Balaban J connectivity index is 1.55. The summed E-state index contributed by atoms with van der Waals surface area (Å²) in [5.41, 5.74) is 4.43. The van der Waals surface area contributed by atoms with E-state index in [0.29, 0.717) is 22.9 Å². The lowest BCUT2D eigenvalue weighted by molar-refractivity contribution is -0.124. The zero-order valence-electron chi connectivity index (χ0n) is 15.1. The highest BCUT2D eigenvalue weighted by Crippen LogP contribution is 2.63. The van der Waals surface area contributed by atoms with Crippen LogP contribution in [0, 0.1) is 16.7 Å². The lowest BCUT2D eigenvalue weighted by Gasteiger charge is -2.34. The largest absolute Gasteiger partial charge is 0.451 e. The number of amides is 1. The van der Waals surface area contributed by atoms with E-state index in [1.807, 2.05) is 6.92 Å². The molecule has 2 fully saturated rings. The van der Waals surface area contributed by atoms with Crippen LogP contribution in [0.4, 0.5) is 0 Å². The quantitative estimate of drug-likeness (QED) is 0.640. The number of hydrogen-bond donors (Lipinski definition) is 1. The summed E-state index contributed by atoms with van der Waals surface area (Å²) in [6.07, 6.45) is 3.84. The molecule has 2 aliphatic rings. The molecule has 1 heterocycles. The molecule has 3 rings (SSSR count). The van der Waals surface area contributed by atoms with Crippen molar-refractivity contribution in [3.05, 3.63) is 10.6 Å². The summed E-state index contributed by atoms with van der Waals surface area (Å²) < 4.78 is 8.79. The number of fused-ring (bicyclic) bond motifs is 2. The smallest absolute Gasteiger partial charge is 0.352 e. The number of rotatable bonds is 5. The molecule has 2 aliphatic carbocycles. The van der Waals surface area contributed by atoms with E-state index >= 15 is 0 Å².